The standard InChI is InChI=1S/C29H44N2O/c1-28-12-10-23(31-16-14-30(3)15-17-31)19-22(28)6-7-24-26-9-8-25(21-5-4-18-32-20-21)29(26,2)13-11-27(24)28/h4-5,9,20,22-25,27H,6-8,10-19H2,1-3H3/t22-,23+,24+,25-,27+,28+,29-/m1/s1. The van der Waals surface area contributed by atoms with Crippen LogP contribution in [0.4, 0.5) is 0 Å². The average molecular weight is 437 g/mol. The SMILES string of the molecule is CN1CCN([C@H]2CC[C@@]3(C)[C@H](CC[C@H]4C5=CC[C@H](C6=COCC=C6)[C@@]5(C)CC[C@@H]43)C2)CC1. The molecule has 6 aliphatic rings. The first-order chi connectivity index (χ1) is 15.5. The van der Waals surface area contributed by atoms with Gasteiger partial charge in [-0.25, -0.2) is 0 Å². The summed E-state index contributed by atoms with van der Waals surface area (Å²) in [4.78, 5) is 5.35. The van der Waals surface area contributed by atoms with Gasteiger partial charge in [-0.2, -0.15) is 0 Å². The molecule has 2 aliphatic heterocycles. The predicted molar refractivity (Wildman–Crippen MR) is 131 cm³/mol. The Morgan fingerprint density at radius 3 is 2.62 bits per heavy atom. The maximum atomic E-state index is 5.70. The summed E-state index contributed by atoms with van der Waals surface area (Å²) in [6.07, 6.45) is 20.6. The van der Waals surface area contributed by atoms with Gasteiger partial charge in [0, 0.05) is 32.2 Å². The van der Waals surface area contributed by atoms with Crippen LogP contribution in [-0.2, 0) is 4.74 Å². The van der Waals surface area contributed by atoms with E-state index in [0.29, 0.717) is 16.7 Å². The van der Waals surface area contributed by atoms with Crippen LogP contribution in [0.1, 0.15) is 65.2 Å². The van der Waals surface area contributed by atoms with Gasteiger partial charge in [-0.1, -0.05) is 31.6 Å². The van der Waals surface area contributed by atoms with E-state index in [9.17, 15) is 0 Å². The minimum atomic E-state index is 0.359. The van der Waals surface area contributed by atoms with Crippen molar-refractivity contribution < 1.29 is 4.74 Å². The van der Waals surface area contributed by atoms with E-state index in [-0.39, 0.29) is 0 Å². The Labute approximate surface area is 195 Å². The molecule has 0 unspecified atom stereocenters. The first-order valence-corrected chi connectivity index (χ1v) is 13.6. The third-order valence-electron chi connectivity index (χ3n) is 11.2. The Kier molecular flexibility index (Phi) is 5.38. The average Bonchev–Trinajstić information content (AvgIpc) is 3.17. The summed E-state index contributed by atoms with van der Waals surface area (Å²) in [5.74, 6) is 3.34. The quantitative estimate of drug-likeness (QED) is 0.520. The monoisotopic (exact) mass is 436 g/mol. The van der Waals surface area contributed by atoms with Crippen molar-refractivity contribution in [2.24, 2.45) is 34.5 Å². The molecule has 0 N–H and O–H groups in total. The van der Waals surface area contributed by atoms with E-state index >= 15 is 0 Å². The third-order valence-corrected chi connectivity index (χ3v) is 11.2. The van der Waals surface area contributed by atoms with Gasteiger partial charge in [-0.05, 0) is 105 Å². The summed E-state index contributed by atoms with van der Waals surface area (Å²) in [5.41, 5.74) is 4.22. The lowest BCUT2D eigenvalue weighted by atomic mass is 9.45. The molecule has 4 fully saturated rings. The first-order valence-electron chi connectivity index (χ1n) is 13.6. The van der Waals surface area contributed by atoms with Gasteiger partial charge in [-0.15, -0.1) is 0 Å². The largest absolute Gasteiger partial charge is 0.497 e. The van der Waals surface area contributed by atoms with E-state index in [0.717, 1.165) is 30.4 Å². The van der Waals surface area contributed by atoms with Gasteiger partial charge >= 0.3 is 0 Å². The van der Waals surface area contributed by atoms with Gasteiger partial charge in [0.05, 0.1) is 6.26 Å². The molecule has 3 heteroatoms. The number of rotatable bonds is 2. The van der Waals surface area contributed by atoms with Gasteiger partial charge in [0.25, 0.3) is 0 Å². The zero-order valence-electron chi connectivity index (χ0n) is 20.7. The van der Waals surface area contributed by atoms with Crippen molar-refractivity contribution in [2.75, 3.05) is 39.8 Å². The lowest BCUT2D eigenvalue weighted by Crippen LogP contribution is -2.56. The number of allylic oxidation sites excluding steroid dienone is 4. The van der Waals surface area contributed by atoms with Crippen LogP contribution in [0, 0.1) is 34.5 Å². The molecule has 3 nitrogen and oxygen atoms in total. The topological polar surface area (TPSA) is 15.7 Å². The highest BCUT2D eigenvalue weighted by molar-refractivity contribution is 5.37. The summed E-state index contributed by atoms with van der Waals surface area (Å²) in [6.45, 7) is 11.1. The smallest absolute Gasteiger partial charge is 0.106 e. The van der Waals surface area contributed by atoms with Gasteiger partial charge in [0.1, 0.15) is 6.61 Å². The Morgan fingerprint density at radius 2 is 1.84 bits per heavy atom. The second-order valence-electron chi connectivity index (χ2n) is 12.5. The Morgan fingerprint density at radius 1 is 1.00 bits per heavy atom. The van der Waals surface area contributed by atoms with Crippen molar-refractivity contribution in [3.63, 3.8) is 0 Å². The summed E-state index contributed by atoms with van der Waals surface area (Å²) in [7, 11) is 2.28. The van der Waals surface area contributed by atoms with Crippen LogP contribution in [-0.4, -0.2) is 55.7 Å². The van der Waals surface area contributed by atoms with E-state index < -0.39 is 0 Å². The molecule has 0 aromatic heterocycles. The van der Waals surface area contributed by atoms with Gasteiger partial charge in [0.2, 0.25) is 0 Å². The van der Waals surface area contributed by atoms with E-state index in [2.05, 4.69) is 55.2 Å². The molecule has 0 spiro atoms. The lowest BCUT2D eigenvalue weighted by molar-refractivity contribution is -0.0772. The van der Waals surface area contributed by atoms with Crippen molar-refractivity contribution in [3.8, 4) is 0 Å². The number of ether oxygens (including phenoxy) is 1. The van der Waals surface area contributed by atoms with Crippen LogP contribution in [0.25, 0.3) is 0 Å². The van der Waals surface area contributed by atoms with Crippen LogP contribution in [0.3, 0.4) is 0 Å². The first kappa shape index (κ1) is 21.5. The highest BCUT2D eigenvalue weighted by Gasteiger charge is 2.58. The molecule has 3 saturated carbocycles. The van der Waals surface area contributed by atoms with Gasteiger partial charge < -0.3 is 9.64 Å². The summed E-state index contributed by atoms with van der Waals surface area (Å²) in [5, 5.41) is 0. The minimum Gasteiger partial charge on any atom is -0.497 e. The normalized spacial score (nSPS) is 47.0. The number of hydrogen-bond donors (Lipinski definition) is 0. The second kappa shape index (κ2) is 8.01. The summed E-state index contributed by atoms with van der Waals surface area (Å²) in [6, 6.07) is 0.854. The molecule has 6 rings (SSSR count). The number of nitrogens with zero attached hydrogens (tertiary/aromatic N) is 2. The van der Waals surface area contributed by atoms with Gasteiger partial charge in [0.15, 0.2) is 0 Å². The number of fused-ring (bicyclic) bond motifs is 5. The van der Waals surface area contributed by atoms with Crippen LogP contribution < -0.4 is 0 Å². The van der Waals surface area contributed by atoms with Crippen molar-refractivity contribution in [1.82, 2.24) is 9.80 Å². The van der Waals surface area contributed by atoms with Gasteiger partial charge in [-0.3, -0.25) is 4.90 Å². The lowest BCUT2D eigenvalue weighted by Gasteiger charge is -2.60. The highest BCUT2D eigenvalue weighted by atomic mass is 16.5. The molecule has 1 saturated heterocycles. The fraction of sp³-hybridized carbons (Fsp3) is 0.793. The predicted octanol–water partition coefficient (Wildman–Crippen LogP) is 5.65. The van der Waals surface area contributed by atoms with Crippen LogP contribution in [0.2, 0.25) is 0 Å². The molecule has 0 aromatic carbocycles. The van der Waals surface area contributed by atoms with E-state index in [1.165, 1.54) is 83.1 Å². The van der Waals surface area contributed by atoms with E-state index in [1.807, 2.05) is 5.57 Å². The molecule has 0 bridgehead atoms. The summed E-state index contributed by atoms with van der Waals surface area (Å²) >= 11 is 0. The molecular weight excluding hydrogens is 392 g/mol. The molecule has 32 heavy (non-hydrogen) atoms. The van der Waals surface area contributed by atoms with Crippen molar-refractivity contribution >= 4 is 0 Å². The molecule has 176 valence electrons. The van der Waals surface area contributed by atoms with Crippen LogP contribution >= 0.6 is 0 Å². The van der Waals surface area contributed by atoms with E-state index in [1.54, 1.807) is 0 Å². The Bertz CT molecular complexity index is 821. The molecule has 0 aromatic rings. The molecule has 0 radical (unpaired) electrons. The minimum absolute atomic E-state index is 0.359. The van der Waals surface area contributed by atoms with Crippen molar-refractivity contribution in [2.45, 2.75) is 71.3 Å². The fourth-order valence-electron chi connectivity index (χ4n) is 9.21. The summed E-state index contributed by atoms with van der Waals surface area (Å²) < 4.78 is 5.70. The number of likely N-dealkylation sites (N-methyl/N-ethyl adjacent to an activating group) is 1. The molecular formula is C29H44N2O. The van der Waals surface area contributed by atoms with Crippen LogP contribution in [0.15, 0.2) is 35.6 Å². The highest BCUT2D eigenvalue weighted by Crippen LogP contribution is 2.66. The second-order valence-corrected chi connectivity index (χ2v) is 12.5. The van der Waals surface area contributed by atoms with Crippen molar-refractivity contribution in [1.29, 1.82) is 0 Å². The molecule has 7 atom stereocenters. The zero-order valence-corrected chi connectivity index (χ0v) is 20.7. The third kappa shape index (κ3) is 3.28. The Hall–Kier alpha value is -1.06. The molecule has 4 aliphatic carbocycles. The molecule has 0 amide bonds. The maximum Gasteiger partial charge on any atom is 0.106 e. The maximum absolute atomic E-state index is 5.70. The zero-order chi connectivity index (χ0) is 21.9. The van der Waals surface area contributed by atoms with Crippen LogP contribution in [0.5, 0.6) is 0 Å². The Balaban J connectivity index is 1.18. The van der Waals surface area contributed by atoms with Crippen molar-refractivity contribution in [3.05, 3.63) is 35.6 Å². The van der Waals surface area contributed by atoms with E-state index in [4.69, 9.17) is 4.74 Å². The molecule has 2 heterocycles. The number of hydrogen-bond acceptors (Lipinski definition) is 3. The number of piperazine rings is 1. The fourth-order valence-corrected chi connectivity index (χ4v) is 9.21.